The van der Waals surface area contributed by atoms with E-state index in [4.69, 9.17) is 4.42 Å². The van der Waals surface area contributed by atoms with E-state index in [-0.39, 0.29) is 11.8 Å². The normalized spacial score (nSPS) is 15.0. The molecule has 0 aliphatic carbocycles. The van der Waals surface area contributed by atoms with Gasteiger partial charge < -0.3 is 18.8 Å². The number of benzene rings is 1. The van der Waals surface area contributed by atoms with Crippen LogP contribution in [-0.4, -0.2) is 57.3 Å². The molecule has 4 rings (SSSR count). The molecule has 2 aromatic heterocycles. The van der Waals surface area contributed by atoms with Crippen LogP contribution in [0.25, 0.3) is 11.0 Å². The van der Waals surface area contributed by atoms with Gasteiger partial charge in [0.15, 0.2) is 5.76 Å². The summed E-state index contributed by atoms with van der Waals surface area (Å²) in [5, 5.41) is 0. The van der Waals surface area contributed by atoms with Crippen molar-refractivity contribution >= 4 is 22.8 Å². The number of para-hydroxylation sites is 2. The van der Waals surface area contributed by atoms with Gasteiger partial charge >= 0.3 is 0 Å². The number of aromatic nitrogens is 2. The number of aryl methyl sites for hydroxylation is 2. The van der Waals surface area contributed by atoms with Gasteiger partial charge in [0.1, 0.15) is 5.82 Å². The van der Waals surface area contributed by atoms with Gasteiger partial charge in [-0.15, -0.1) is 0 Å². The molecule has 1 aliphatic heterocycles. The first kappa shape index (κ1) is 18.3. The molecule has 3 heterocycles. The third kappa shape index (κ3) is 3.65. The van der Waals surface area contributed by atoms with Gasteiger partial charge in [-0.25, -0.2) is 4.98 Å². The summed E-state index contributed by atoms with van der Waals surface area (Å²) in [6, 6.07) is 11.4. The Bertz CT molecular complexity index is 977. The predicted molar refractivity (Wildman–Crippen MR) is 105 cm³/mol. The Hall–Kier alpha value is -3.09. The lowest BCUT2D eigenvalue weighted by Gasteiger charge is -2.22. The summed E-state index contributed by atoms with van der Waals surface area (Å²) in [4.78, 5) is 33.4. The van der Waals surface area contributed by atoms with E-state index >= 15 is 0 Å². The standard InChI is InChI=1S/C21H24N4O3/c1-16-22-17-6-2-3-7-18(17)25(16)12-9-20(26)23-10-5-11-24(14-13-23)21(27)19-8-4-15-28-19/h2-4,6-8,15H,5,9-14H2,1H3. The van der Waals surface area contributed by atoms with Crippen molar-refractivity contribution in [3.8, 4) is 0 Å². The highest BCUT2D eigenvalue weighted by Crippen LogP contribution is 2.17. The highest BCUT2D eigenvalue weighted by atomic mass is 16.3. The van der Waals surface area contributed by atoms with Crippen molar-refractivity contribution in [1.29, 1.82) is 0 Å². The maximum Gasteiger partial charge on any atom is 0.289 e. The van der Waals surface area contributed by atoms with Gasteiger partial charge in [0, 0.05) is 39.1 Å². The second kappa shape index (κ2) is 7.88. The summed E-state index contributed by atoms with van der Waals surface area (Å²) in [5.41, 5.74) is 2.01. The van der Waals surface area contributed by atoms with Crippen LogP contribution in [0.15, 0.2) is 47.1 Å². The zero-order valence-electron chi connectivity index (χ0n) is 16.0. The predicted octanol–water partition coefficient (Wildman–Crippen LogP) is 2.70. The molecule has 0 unspecified atom stereocenters. The van der Waals surface area contributed by atoms with E-state index < -0.39 is 0 Å². The number of carbonyl (C=O) groups excluding carboxylic acids is 2. The zero-order valence-corrected chi connectivity index (χ0v) is 16.0. The third-order valence-corrected chi connectivity index (χ3v) is 5.26. The molecule has 2 amide bonds. The molecule has 1 aliphatic rings. The van der Waals surface area contributed by atoms with Gasteiger partial charge in [-0.05, 0) is 37.6 Å². The van der Waals surface area contributed by atoms with Crippen molar-refractivity contribution in [3.63, 3.8) is 0 Å². The van der Waals surface area contributed by atoms with Crippen LogP contribution >= 0.6 is 0 Å². The Morgan fingerprint density at radius 1 is 1.04 bits per heavy atom. The Morgan fingerprint density at radius 3 is 2.64 bits per heavy atom. The van der Waals surface area contributed by atoms with Crippen LogP contribution in [0.3, 0.4) is 0 Å². The smallest absolute Gasteiger partial charge is 0.289 e. The molecule has 0 N–H and O–H groups in total. The van der Waals surface area contributed by atoms with Crippen molar-refractivity contribution in [1.82, 2.24) is 19.4 Å². The molecule has 0 radical (unpaired) electrons. The Balaban J connectivity index is 1.36. The van der Waals surface area contributed by atoms with Crippen molar-refractivity contribution in [2.45, 2.75) is 26.3 Å². The Kier molecular flexibility index (Phi) is 5.14. The number of imidazole rings is 1. The molecular weight excluding hydrogens is 356 g/mol. The summed E-state index contributed by atoms with van der Waals surface area (Å²) in [6.07, 6.45) is 2.70. The van der Waals surface area contributed by atoms with E-state index in [2.05, 4.69) is 9.55 Å². The van der Waals surface area contributed by atoms with Crippen molar-refractivity contribution < 1.29 is 14.0 Å². The number of furan rings is 1. The van der Waals surface area contributed by atoms with E-state index in [1.54, 1.807) is 17.0 Å². The van der Waals surface area contributed by atoms with Gasteiger partial charge in [0.05, 0.1) is 17.3 Å². The van der Waals surface area contributed by atoms with Crippen LogP contribution in [-0.2, 0) is 11.3 Å². The monoisotopic (exact) mass is 380 g/mol. The van der Waals surface area contributed by atoms with Gasteiger partial charge in [-0.3, -0.25) is 9.59 Å². The summed E-state index contributed by atoms with van der Waals surface area (Å²) >= 11 is 0. The molecule has 0 saturated carbocycles. The highest BCUT2D eigenvalue weighted by Gasteiger charge is 2.24. The fourth-order valence-electron chi connectivity index (χ4n) is 3.77. The number of hydrogen-bond donors (Lipinski definition) is 0. The summed E-state index contributed by atoms with van der Waals surface area (Å²) in [5.74, 6) is 1.27. The molecule has 0 atom stereocenters. The van der Waals surface area contributed by atoms with Gasteiger partial charge in [0.2, 0.25) is 5.91 Å². The second-order valence-corrected chi connectivity index (χ2v) is 7.05. The maximum absolute atomic E-state index is 12.8. The lowest BCUT2D eigenvalue weighted by Crippen LogP contribution is -2.37. The first-order valence-corrected chi connectivity index (χ1v) is 9.66. The summed E-state index contributed by atoms with van der Waals surface area (Å²) < 4.78 is 7.30. The SMILES string of the molecule is Cc1nc2ccccc2n1CCC(=O)N1CCCN(C(=O)c2ccco2)CC1. The topological polar surface area (TPSA) is 71.6 Å². The molecular formula is C21H24N4O3. The fraction of sp³-hybridized carbons (Fsp3) is 0.381. The second-order valence-electron chi connectivity index (χ2n) is 7.05. The van der Waals surface area contributed by atoms with Crippen LogP contribution in [0, 0.1) is 6.92 Å². The van der Waals surface area contributed by atoms with Gasteiger partial charge in [-0.1, -0.05) is 12.1 Å². The minimum atomic E-state index is -0.111. The van der Waals surface area contributed by atoms with Gasteiger partial charge in [-0.2, -0.15) is 0 Å². The van der Waals surface area contributed by atoms with E-state index in [0.717, 1.165) is 23.3 Å². The largest absolute Gasteiger partial charge is 0.459 e. The quantitative estimate of drug-likeness (QED) is 0.698. The van der Waals surface area contributed by atoms with Crippen molar-refractivity contribution in [2.24, 2.45) is 0 Å². The molecule has 7 nitrogen and oxygen atoms in total. The Morgan fingerprint density at radius 2 is 1.82 bits per heavy atom. The Labute approximate surface area is 163 Å². The van der Waals surface area contributed by atoms with Crippen LogP contribution in [0.4, 0.5) is 0 Å². The van der Waals surface area contributed by atoms with Crippen LogP contribution < -0.4 is 0 Å². The maximum atomic E-state index is 12.8. The molecule has 3 aromatic rings. The average Bonchev–Trinajstić information content (AvgIpc) is 3.26. The van der Waals surface area contributed by atoms with E-state index in [9.17, 15) is 9.59 Å². The van der Waals surface area contributed by atoms with Gasteiger partial charge in [0.25, 0.3) is 5.91 Å². The van der Waals surface area contributed by atoms with Crippen molar-refractivity contribution in [2.75, 3.05) is 26.2 Å². The number of carbonyl (C=O) groups is 2. The molecule has 1 fully saturated rings. The molecule has 0 spiro atoms. The number of hydrogen-bond acceptors (Lipinski definition) is 4. The minimum absolute atomic E-state index is 0.111. The molecule has 1 aromatic carbocycles. The minimum Gasteiger partial charge on any atom is -0.459 e. The van der Waals surface area contributed by atoms with E-state index in [1.165, 1.54) is 6.26 Å². The number of nitrogens with zero attached hydrogens (tertiary/aromatic N) is 4. The first-order valence-electron chi connectivity index (χ1n) is 9.66. The highest BCUT2D eigenvalue weighted by molar-refractivity contribution is 5.91. The van der Waals surface area contributed by atoms with E-state index in [1.807, 2.05) is 36.1 Å². The van der Waals surface area contributed by atoms with Crippen LogP contribution in [0.5, 0.6) is 0 Å². The zero-order chi connectivity index (χ0) is 19.5. The number of fused-ring (bicyclic) bond motifs is 1. The number of rotatable bonds is 4. The average molecular weight is 380 g/mol. The third-order valence-electron chi connectivity index (χ3n) is 5.26. The van der Waals surface area contributed by atoms with Crippen molar-refractivity contribution in [3.05, 3.63) is 54.2 Å². The first-order chi connectivity index (χ1) is 13.6. The lowest BCUT2D eigenvalue weighted by atomic mass is 10.3. The fourth-order valence-corrected chi connectivity index (χ4v) is 3.77. The molecule has 1 saturated heterocycles. The molecule has 28 heavy (non-hydrogen) atoms. The van der Waals surface area contributed by atoms with Crippen LogP contribution in [0.1, 0.15) is 29.2 Å². The molecule has 7 heteroatoms. The van der Waals surface area contributed by atoms with E-state index in [0.29, 0.717) is 44.9 Å². The molecule has 146 valence electrons. The molecule has 0 bridgehead atoms. The van der Waals surface area contributed by atoms with Crippen LogP contribution in [0.2, 0.25) is 0 Å². The summed E-state index contributed by atoms with van der Waals surface area (Å²) in [6.45, 7) is 4.96. The lowest BCUT2D eigenvalue weighted by molar-refractivity contribution is -0.131. The number of amides is 2. The summed E-state index contributed by atoms with van der Waals surface area (Å²) in [7, 11) is 0.